The van der Waals surface area contributed by atoms with Crippen molar-refractivity contribution in [1.29, 1.82) is 5.26 Å². The number of nitriles is 1. The van der Waals surface area contributed by atoms with E-state index in [1.54, 1.807) is 47.7 Å². The maximum Gasteiger partial charge on any atom is 0.280 e. The molecule has 0 aliphatic rings. The third-order valence-electron chi connectivity index (χ3n) is 3.91. The fourth-order valence-corrected chi connectivity index (χ4v) is 4.18. The van der Waals surface area contributed by atoms with Gasteiger partial charge in [-0.1, -0.05) is 18.2 Å². The standard InChI is InChI=1S/C20H11N3O3S2/c21-11-13(20-22-16(12-28-20)19-6-3-9-27-19)10-14-7-8-18(26-14)15-4-1-2-5-17(15)23(24)25/h1-10,12H/b13-10+. The number of nitrogens with zero attached hydrogens (tertiary/aromatic N) is 3. The Bertz CT molecular complexity index is 1210. The number of aromatic nitrogens is 1. The van der Waals surface area contributed by atoms with Gasteiger partial charge in [0.15, 0.2) is 0 Å². The zero-order chi connectivity index (χ0) is 19.5. The van der Waals surface area contributed by atoms with Crippen LogP contribution in [0.5, 0.6) is 0 Å². The van der Waals surface area contributed by atoms with Crippen molar-refractivity contribution in [2.45, 2.75) is 0 Å². The predicted octanol–water partition coefficient (Wildman–Crippen LogP) is 6.10. The summed E-state index contributed by atoms with van der Waals surface area (Å²) in [5.41, 5.74) is 1.56. The molecule has 0 unspecified atom stereocenters. The Kier molecular flexibility index (Phi) is 4.85. The highest BCUT2D eigenvalue weighted by Crippen LogP contribution is 2.33. The van der Waals surface area contributed by atoms with Crippen LogP contribution in [0.15, 0.2) is 63.7 Å². The smallest absolute Gasteiger partial charge is 0.280 e. The highest BCUT2D eigenvalue weighted by Gasteiger charge is 2.17. The van der Waals surface area contributed by atoms with Crippen molar-refractivity contribution in [2.75, 3.05) is 0 Å². The number of furan rings is 1. The molecule has 0 saturated carbocycles. The molecular weight excluding hydrogens is 394 g/mol. The molecule has 4 rings (SSSR count). The van der Waals surface area contributed by atoms with Gasteiger partial charge in [0, 0.05) is 17.5 Å². The molecule has 0 saturated heterocycles. The zero-order valence-electron chi connectivity index (χ0n) is 14.2. The summed E-state index contributed by atoms with van der Waals surface area (Å²) in [4.78, 5) is 16.3. The van der Waals surface area contributed by atoms with E-state index in [1.165, 1.54) is 17.4 Å². The third kappa shape index (κ3) is 3.49. The largest absolute Gasteiger partial charge is 0.456 e. The van der Waals surface area contributed by atoms with Gasteiger partial charge in [0.25, 0.3) is 5.69 Å². The molecule has 1 aromatic carbocycles. The summed E-state index contributed by atoms with van der Waals surface area (Å²) in [6.07, 6.45) is 1.59. The van der Waals surface area contributed by atoms with E-state index in [2.05, 4.69) is 11.1 Å². The van der Waals surface area contributed by atoms with Gasteiger partial charge < -0.3 is 4.42 Å². The minimum absolute atomic E-state index is 0.0339. The van der Waals surface area contributed by atoms with Crippen LogP contribution in [0.1, 0.15) is 10.8 Å². The van der Waals surface area contributed by atoms with E-state index in [9.17, 15) is 15.4 Å². The van der Waals surface area contributed by atoms with Crippen LogP contribution in [0, 0.1) is 21.4 Å². The number of benzene rings is 1. The zero-order valence-corrected chi connectivity index (χ0v) is 15.9. The second-order valence-corrected chi connectivity index (χ2v) is 7.47. The van der Waals surface area contributed by atoms with Gasteiger partial charge in [-0.2, -0.15) is 5.26 Å². The Morgan fingerprint density at radius 2 is 2.04 bits per heavy atom. The molecule has 0 radical (unpaired) electrons. The Balaban J connectivity index is 1.66. The van der Waals surface area contributed by atoms with Crippen LogP contribution in [0.25, 0.3) is 33.5 Å². The van der Waals surface area contributed by atoms with E-state index in [1.807, 2.05) is 22.9 Å². The van der Waals surface area contributed by atoms with Crippen LogP contribution in [-0.2, 0) is 0 Å². The van der Waals surface area contributed by atoms with E-state index >= 15 is 0 Å². The summed E-state index contributed by atoms with van der Waals surface area (Å²) in [7, 11) is 0. The van der Waals surface area contributed by atoms with Crippen molar-refractivity contribution in [2.24, 2.45) is 0 Å². The Hall–Kier alpha value is -3.54. The first-order valence-corrected chi connectivity index (χ1v) is 9.87. The highest BCUT2D eigenvalue weighted by molar-refractivity contribution is 7.14. The number of hydrogen-bond donors (Lipinski definition) is 0. The van der Waals surface area contributed by atoms with E-state index in [-0.39, 0.29) is 5.69 Å². The first kappa shape index (κ1) is 17.9. The van der Waals surface area contributed by atoms with Gasteiger partial charge in [-0.25, -0.2) is 4.98 Å². The Morgan fingerprint density at radius 1 is 1.18 bits per heavy atom. The monoisotopic (exact) mass is 405 g/mol. The number of allylic oxidation sites excluding steroid dienone is 1. The Morgan fingerprint density at radius 3 is 2.79 bits per heavy atom. The number of hydrogen-bond acceptors (Lipinski definition) is 7. The molecular formula is C20H11N3O3S2. The first-order chi connectivity index (χ1) is 13.7. The van der Waals surface area contributed by atoms with Crippen molar-refractivity contribution < 1.29 is 9.34 Å². The van der Waals surface area contributed by atoms with Crippen molar-refractivity contribution in [3.8, 4) is 28.0 Å². The average molecular weight is 405 g/mol. The summed E-state index contributed by atoms with van der Waals surface area (Å²) in [6, 6.07) is 15.8. The molecule has 0 amide bonds. The fraction of sp³-hybridized carbons (Fsp3) is 0. The predicted molar refractivity (Wildman–Crippen MR) is 110 cm³/mol. The van der Waals surface area contributed by atoms with Gasteiger partial charge in [0.05, 0.1) is 26.6 Å². The normalized spacial score (nSPS) is 11.3. The molecule has 0 bridgehead atoms. The second-order valence-electron chi connectivity index (χ2n) is 5.66. The molecule has 6 nitrogen and oxygen atoms in total. The second kappa shape index (κ2) is 7.60. The molecule has 3 heterocycles. The highest BCUT2D eigenvalue weighted by atomic mass is 32.1. The molecule has 8 heteroatoms. The van der Waals surface area contributed by atoms with E-state index in [0.29, 0.717) is 27.7 Å². The molecule has 0 aliphatic heterocycles. The summed E-state index contributed by atoms with van der Waals surface area (Å²) >= 11 is 2.97. The van der Waals surface area contributed by atoms with Crippen molar-refractivity contribution in [3.05, 3.63) is 80.2 Å². The molecule has 4 aromatic rings. The maximum absolute atomic E-state index is 11.2. The lowest BCUT2D eigenvalue weighted by atomic mass is 10.1. The van der Waals surface area contributed by atoms with E-state index < -0.39 is 4.92 Å². The topological polar surface area (TPSA) is 93.0 Å². The lowest BCUT2D eigenvalue weighted by Crippen LogP contribution is -1.90. The third-order valence-corrected chi connectivity index (χ3v) is 5.68. The molecule has 0 N–H and O–H groups in total. The molecule has 28 heavy (non-hydrogen) atoms. The minimum Gasteiger partial charge on any atom is -0.456 e. The van der Waals surface area contributed by atoms with Gasteiger partial charge >= 0.3 is 0 Å². The summed E-state index contributed by atoms with van der Waals surface area (Å²) in [5, 5.41) is 25.2. The van der Waals surface area contributed by atoms with Crippen LogP contribution in [0.3, 0.4) is 0 Å². The Labute approximate surface area is 167 Å². The fourth-order valence-electron chi connectivity index (χ4n) is 2.64. The van der Waals surface area contributed by atoms with E-state index in [4.69, 9.17) is 4.42 Å². The summed E-state index contributed by atoms with van der Waals surface area (Å²) in [5.74, 6) is 0.798. The van der Waals surface area contributed by atoms with Crippen LogP contribution in [-0.4, -0.2) is 9.91 Å². The number of nitro groups is 1. The van der Waals surface area contributed by atoms with E-state index in [0.717, 1.165) is 10.6 Å². The van der Waals surface area contributed by atoms with Gasteiger partial charge in [0.1, 0.15) is 22.6 Å². The van der Waals surface area contributed by atoms with Crippen molar-refractivity contribution in [1.82, 2.24) is 4.98 Å². The molecule has 0 fully saturated rings. The van der Waals surface area contributed by atoms with Gasteiger partial charge in [-0.05, 0) is 29.6 Å². The van der Waals surface area contributed by atoms with Crippen molar-refractivity contribution >= 4 is 40.0 Å². The molecule has 0 atom stereocenters. The lowest BCUT2D eigenvalue weighted by Gasteiger charge is -1.98. The molecule has 0 spiro atoms. The number of para-hydroxylation sites is 1. The van der Waals surface area contributed by atoms with Gasteiger partial charge in [-0.15, -0.1) is 22.7 Å². The van der Waals surface area contributed by atoms with Crippen LogP contribution >= 0.6 is 22.7 Å². The quantitative estimate of drug-likeness (QED) is 0.227. The SMILES string of the molecule is N#C/C(=C\c1ccc(-c2ccccc2[N+](=O)[O-])o1)c1nc(-c2cccs2)cs1. The molecule has 3 aromatic heterocycles. The molecule has 136 valence electrons. The van der Waals surface area contributed by atoms with Gasteiger partial charge in [0.2, 0.25) is 0 Å². The number of rotatable bonds is 5. The van der Waals surface area contributed by atoms with Crippen molar-refractivity contribution in [3.63, 3.8) is 0 Å². The van der Waals surface area contributed by atoms with Gasteiger partial charge in [-0.3, -0.25) is 10.1 Å². The summed E-state index contributed by atoms with van der Waals surface area (Å²) < 4.78 is 5.74. The summed E-state index contributed by atoms with van der Waals surface area (Å²) in [6.45, 7) is 0. The number of thiazole rings is 1. The maximum atomic E-state index is 11.2. The lowest BCUT2D eigenvalue weighted by molar-refractivity contribution is -0.384. The average Bonchev–Trinajstić information content (AvgIpc) is 3.47. The van der Waals surface area contributed by atoms with Crippen LogP contribution < -0.4 is 0 Å². The number of nitro benzene ring substituents is 1. The van der Waals surface area contributed by atoms with Crippen LogP contribution in [0.2, 0.25) is 0 Å². The van der Waals surface area contributed by atoms with Crippen LogP contribution in [0.4, 0.5) is 5.69 Å². The number of thiophene rings is 1. The first-order valence-electron chi connectivity index (χ1n) is 8.11. The minimum atomic E-state index is -0.449. The molecule has 0 aliphatic carbocycles.